The molecule has 1 saturated carbocycles. The van der Waals surface area contributed by atoms with Gasteiger partial charge in [-0.1, -0.05) is 12.6 Å². The number of hydrogen-bond donors (Lipinski definition) is 1. The summed E-state index contributed by atoms with van der Waals surface area (Å²) in [5, 5.41) is 3.24. The molecule has 0 saturated heterocycles. The molecule has 1 unspecified atom stereocenters. The fraction of sp³-hybridized carbons (Fsp3) is 0.429. The number of alkyl halides is 2. The van der Waals surface area contributed by atoms with Gasteiger partial charge in [-0.2, -0.15) is 0 Å². The summed E-state index contributed by atoms with van der Waals surface area (Å²) in [5.41, 5.74) is 3.27. The van der Waals surface area contributed by atoms with Crippen molar-refractivity contribution in [3.63, 3.8) is 0 Å². The molecule has 1 aromatic carbocycles. The molecule has 18 heavy (non-hydrogen) atoms. The summed E-state index contributed by atoms with van der Waals surface area (Å²) >= 11 is 0. The molecule has 2 nitrogen and oxygen atoms in total. The monoisotopic (exact) mass is 251 g/mol. The summed E-state index contributed by atoms with van der Waals surface area (Å²) in [5.74, 6) is -2.47. The zero-order chi connectivity index (χ0) is 12.8. The molecule has 0 radical (unpaired) electrons. The molecular formula is C14H15F2NO. The minimum Gasteiger partial charge on any atom is -0.493 e. The Morgan fingerprint density at radius 3 is 2.89 bits per heavy atom. The van der Waals surface area contributed by atoms with Gasteiger partial charge in [-0.25, -0.2) is 8.78 Å². The van der Waals surface area contributed by atoms with E-state index >= 15 is 0 Å². The van der Waals surface area contributed by atoms with Crippen LogP contribution in [0.2, 0.25) is 0 Å². The minimum atomic E-state index is -2.51. The SMILES string of the molecule is C=C1CNCc2ccc(OCC3CC3(F)F)cc21. The lowest BCUT2D eigenvalue weighted by Gasteiger charge is -2.20. The average molecular weight is 251 g/mol. The quantitative estimate of drug-likeness (QED) is 0.892. The van der Waals surface area contributed by atoms with Crippen molar-refractivity contribution in [3.05, 3.63) is 35.9 Å². The van der Waals surface area contributed by atoms with Crippen LogP contribution >= 0.6 is 0 Å². The van der Waals surface area contributed by atoms with Crippen LogP contribution in [-0.2, 0) is 6.54 Å². The third-order valence-corrected chi connectivity index (χ3v) is 3.52. The van der Waals surface area contributed by atoms with Crippen LogP contribution in [0, 0.1) is 5.92 Å². The van der Waals surface area contributed by atoms with E-state index in [1.807, 2.05) is 18.2 Å². The van der Waals surface area contributed by atoms with E-state index < -0.39 is 11.8 Å². The standard InChI is InChI=1S/C14H15F2NO/c1-9-6-17-7-10-2-3-12(4-13(9)10)18-8-11-5-14(11,15)16/h2-4,11,17H,1,5-8H2. The van der Waals surface area contributed by atoms with Crippen LogP contribution in [0.15, 0.2) is 24.8 Å². The van der Waals surface area contributed by atoms with Crippen LogP contribution in [0.5, 0.6) is 5.75 Å². The van der Waals surface area contributed by atoms with Gasteiger partial charge in [0.15, 0.2) is 0 Å². The largest absolute Gasteiger partial charge is 0.493 e. The van der Waals surface area contributed by atoms with E-state index in [1.54, 1.807) is 0 Å². The Balaban J connectivity index is 1.70. The topological polar surface area (TPSA) is 21.3 Å². The highest BCUT2D eigenvalue weighted by molar-refractivity contribution is 5.70. The van der Waals surface area contributed by atoms with E-state index in [0.717, 1.165) is 24.2 Å². The van der Waals surface area contributed by atoms with Crippen LogP contribution in [0.4, 0.5) is 8.78 Å². The lowest BCUT2D eigenvalue weighted by molar-refractivity contribution is 0.0856. The molecule has 1 fully saturated rings. The van der Waals surface area contributed by atoms with Crippen molar-refractivity contribution in [2.24, 2.45) is 5.92 Å². The van der Waals surface area contributed by atoms with Crippen molar-refractivity contribution in [1.82, 2.24) is 5.32 Å². The molecule has 1 N–H and O–H groups in total. The number of halogens is 2. The lowest BCUT2D eigenvalue weighted by atomic mass is 9.97. The second-order valence-electron chi connectivity index (χ2n) is 5.00. The second-order valence-corrected chi connectivity index (χ2v) is 5.00. The maximum Gasteiger partial charge on any atom is 0.255 e. The molecule has 1 atom stereocenters. The highest BCUT2D eigenvalue weighted by Crippen LogP contribution is 2.48. The highest BCUT2D eigenvalue weighted by atomic mass is 19.3. The molecule has 1 heterocycles. The summed E-state index contributed by atoms with van der Waals surface area (Å²) in [4.78, 5) is 0. The third kappa shape index (κ3) is 2.12. The van der Waals surface area contributed by atoms with E-state index in [4.69, 9.17) is 4.74 Å². The van der Waals surface area contributed by atoms with E-state index in [-0.39, 0.29) is 13.0 Å². The Morgan fingerprint density at radius 1 is 1.39 bits per heavy atom. The summed E-state index contributed by atoms with van der Waals surface area (Å²) in [7, 11) is 0. The molecule has 1 aliphatic heterocycles. The lowest BCUT2D eigenvalue weighted by Crippen LogP contribution is -2.22. The van der Waals surface area contributed by atoms with Gasteiger partial charge in [0.05, 0.1) is 12.5 Å². The van der Waals surface area contributed by atoms with Gasteiger partial charge >= 0.3 is 0 Å². The van der Waals surface area contributed by atoms with Gasteiger partial charge in [-0.3, -0.25) is 0 Å². The van der Waals surface area contributed by atoms with Crippen LogP contribution in [0.1, 0.15) is 17.5 Å². The van der Waals surface area contributed by atoms with Crippen LogP contribution in [0.25, 0.3) is 5.57 Å². The Kier molecular flexibility index (Phi) is 2.63. The number of fused-ring (bicyclic) bond motifs is 1. The molecule has 2 aliphatic rings. The first-order valence-corrected chi connectivity index (χ1v) is 6.09. The molecule has 0 amide bonds. The number of benzene rings is 1. The van der Waals surface area contributed by atoms with E-state index in [0.29, 0.717) is 5.75 Å². The van der Waals surface area contributed by atoms with E-state index in [1.165, 1.54) is 5.56 Å². The fourth-order valence-corrected chi connectivity index (χ4v) is 2.22. The predicted octanol–water partition coefficient (Wildman–Crippen LogP) is 2.84. The van der Waals surface area contributed by atoms with Crippen molar-refractivity contribution in [2.45, 2.75) is 18.9 Å². The van der Waals surface area contributed by atoms with Crippen LogP contribution in [-0.4, -0.2) is 19.1 Å². The summed E-state index contributed by atoms with van der Waals surface area (Å²) < 4.78 is 30.9. The molecule has 0 aromatic heterocycles. The first kappa shape index (κ1) is 11.7. The van der Waals surface area contributed by atoms with Gasteiger partial charge in [0.2, 0.25) is 0 Å². The molecule has 0 bridgehead atoms. The molecule has 3 rings (SSSR count). The molecule has 1 aliphatic carbocycles. The zero-order valence-corrected chi connectivity index (χ0v) is 10.0. The third-order valence-electron chi connectivity index (χ3n) is 3.52. The summed E-state index contributed by atoms with van der Waals surface area (Å²) in [6.45, 7) is 5.66. The maximum absolute atomic E-state index is 12.7. The van der Waals surface area contributed by atoms with Gasteiger partial charge in [-0.05, 0) is 28.8 Å². The second kappa shape index (κ2) is 4.05. The van der Waals surface area contributed by atoms with Crippen molar-refractivity contribution >= 4 is 5.57 Å². The van der Waals surface area contributed by atoms with E-state index in [9.17, 15) is 8.78 Å². The maximum atomic E-state index is 12.7. The minimum absolute atomic E-state index is 0.0471. The molecule has 4 heteroatoms. The number of hydrogen-bond acceptors (Lipinski definition) is 2. The number of rotatable bonds is 3. The van der Waals surface area contributed by atoms with Crippen LogP contribution in [0.3, 0.4) is 0 Å². The molecule has 1 aromatic rings. The Bertz CT molecular complexity index is 499. The predicted molar refractivity (Wildman–Crippen MR) is 65.7 cm³/mol. The van der Waals surface area contributed by atoms with Gasteiger partial charge in [0, 0.05) is 19.5 Å². The Morgan fingerprint density at radius 2 is 2.17 bits per heavy atom. The first-order chi connectivity index (χ1) is 8.56. The molecular weight excluding hydrogens is 236 g/mol. The Hall–Kier alpha value is -1.42. The molecule has 96 valence electrons. The van der Waals surface area contributed by atoms with Gasteiger partial charge in [0.25, 0.3) is 5.92 Å². The van der Waals surface area contributed by atoms with Crippen molar-refractivity contribution < 1.29 is 13.5 Å². The van der Waals surface area contributed by atoms with E-state index in [2.05, 4.69) is 11.9 Å². The van der Waals surface area contributed by atoms with Crippen molar-refractivity contribution in [1.29, 1.82) is 0 Å². The summed E-state index contributed by atoms with van der Waals surface area (Å²) in [6, 6.07) is 5.70. The van der Waals surface area contributed by atoms with Gasteiger partial charge < -0.3 is 10.1 Å². The fourth-order valence-electron chi connectivity index (χ4n) is 2.22. The van der Waals surface area contributed by atoms with Crippen molar-refractivity contribution in [2.75, 3.05) is 13.2 Å². The van der Waals surface area contributed by atoms with Gasteiger partial charge in [0.1, 0.15) is 5.75 Å². The van der Waals surface area contributed by atoms with Gasteiger partial charge in [-0.15, -0.1) is 0 Å². The van der Waals surface area contributed by atoms with Crippen LogP contribution < -0.4 is 10.1 Å². The zero-order valence-electron chi connectivity index (χ0n) is 10.0. The first-order valence-electron chi connectivity index (χ1n) is 6.09. The Labute approximate surface area is 105 Å². The smallest absolute Gasteiger partial charge is 0.255 e. The highest BCUT2D eigenvalue weighted by Gasteiger charge is 2.57. The number of nitrogens with one attached hydrogen (secondary N) is 1. The summed E-state index contributed by atoms with van der Waals surface area (Å²) in [6.07, 6.45) is -0.0471. The van der Waals surface area contributed by atoms with Crippen molar-refractivity contribution in [3.8, 4) is 5.75 Å². The number of ether oxygens (including phenoxy) is 1. The molecule has 0 spiro atoms. The normalized spacial score (nSPS) is 24.6. The average Bonchev–Trinajstić information content (AvgIpc) is 2.95.